The van der Waals surface area contributed by atoms with Crippen LogP contribution in [0.4, 0.5) is 5.69 Å². The minimum absolute atomic E-state index is 0.231. The number of halogens is 2. The van der Waals surface area contributed by atoms with Gasteiger partial charge in [0, 0.05) is 25.9 Å². The molecule has 3 aromatic rings. The van der Waals surface area contributed by atoms with Gasteiger partial charge in [-0.2, -0.15) is 0 Å². The monoisotopic (exact) mass is 593 g/mol. The highest BCUT2D eigenvalue weighted by Crippen LogP contribution is 2.32. The fourth-order valence-electron chi connectivity index (χ4n) is 3.63. The number of benzene rings is 1. The van der Waals surface area contributed by atoms with Gasteiger partial charge in [0.25, 0.3) is 5.56 Å². The maximum atomic E-state index is 13.5. The van der Waals surface area contributed by atoms with E-state index in [4.69, 9.17) is 9.15 Å². The van der Waals surface area contributed by atoms with Crippen molar-refractivity contribution in [2.45, 2.75) is 19.9 Å². The first-order valence-corrected chi connectivity index (χ1v) is 12.5. The van der Waals surface area contributed by atoms with Gasteiger partial charge in [0.1, 0.15) is 5.76 Å². The Balaban J connectivity index is 1.93. The van der Waals surface area contributed by atoms with E-state index in [9.17, 15) is 9.59 Å². The molecule has 0 N–H and O–H groups in total. The Labute approximate surface area is 211 Å². The quantitative estimate of drug-likeness (QED) is 0.418. The number of hydrogen-bond acceptors (Lipinski definition) is 7. The summed E-state index contributed by atoms with van der Waals surface area (Å²) < 4.78 is 14.3. The lowest BCUT2D eigenvalue weighted by Crippen LogP contribution is -2.39. The Kier molecular flexibility index (Phi) is 6.78. The fraction of sp³-hybridized carbons (Fsp3) is 0.261. The van der Waals surface area contributed by atoms with Crippen LogP contribution < -0.4 is 19.8 Å². The standard InChI is InChI=1S/C23H21Br2N3O4S/c1-5-31-22(30)18-12(2)26-23-28(19(18)13-6-8-14(9-7-13)27(3)4)21(29)17(33-23)11-15-10-16(24)20(25)32-15/h6-11,19H,5H2,1-4H3/b17-11+/t19-/m0/s1. The van der Waals surface area contributed by atoms with E-state index in [-0.39, 0.29) is 12.2 Å². The van der Waals surface area contributed by atoms with Crippen molar-refractivity contribution in [1.29, 1.82) is 0 Å². The first kappa shape index (κ1) is 23.7. The summed E-state index contributed by atoms with van der Waals surface area (Å²) in [5.74, 6) is 0.0424. The van der Waals surface area contributed by atoms with Crippen molar-refractivity contribution < 1.29 is 13.9 Å². The van der Waals surface area contributed by atoms with Crippen molar-refractivity contribution in [3.05, 3.63) is 81.8 Å². The molecule has 0 spiro atoms. The van der Waals surface area contributed by atoms with Gasteiger partial charge in [-0.05, 0) is 69.5 Å². The number of nitrogens with zero attached hydrogens (tertiary/aromatic N) is 3. The number of anilines is 1. The van der Waals surface area contributed by atoms with Gasteiger partial charge in [0.05, 0.1) is 32.9 Å². The van der Waals surface area contributed by atoms with Gasteiger partial charge in [-0.25, -0.2) is 9.79 Å². The number of carbonyl (C=O) groups excluding carboxylic acids is 1. The predicted molar refractivity (Wildman–Crippen MR) is 135 cm³/mol. The highest BCUT2D eigenvalue weighted by Gasteiger charge is 2.33. The molecule has 33 heavy (non-hydrogen) atoms. The predicted octanol–water partition coefficient (Wildman–Crippen LogP) is 3.98. The Hall–Kier alpha value is -2.43. The number of ether oxygens (including phenoxy) is 1. The summed E-state index contributed by atoms with van der Waals surface area (Å²) in [6.45, 7) is 3.75. The number of fused-ring (bicyclic) bond motifs is 1. The van der Waals surface area contributed by atoms with E-state index in [1.165, 1.54) is 11.3 Å². The molecule has 4 rings (SSSR count). The average Bonchev–Trinajstić information content (AvgIpc) is 3.25. The third kappa shape index (κ3) is 4.51. The molecule has 1 aromatic carbocycles. The second-order valence-corrected chi connectivity index (χ2v) is 10.1. The Morgan fingerprint density at radius 3 is 2.58 bits per heavy atom. The molecule has 1 aliphatic heterocycles. The number of thiazole rings is 1. The van der Waals surface area contributed by atoms with E-state index in [1.807, 2.05) is 43.3 Å². The van der Waals surface area contributed by atoms with Gasteiger partial charge in [-0.3, -0.25) is 9.36 Å². The Morgan fingerprint density at radius 2 is 2.00 bits per heavy atom. The normalized spacial score (nSPS) is 15.9. The van der Waals surface area contributed by atoms with Gasteiger partial charge >= 0.3 is 5.97 Å². The first-order valence-electron chi connectivity index (χ1n) is 10.1. The van der Waals surface area contributed by atoms with Crippen LogP contribution in [0.25, 0.3) is 6.08 Å². The SMILES string of the molecule is CCOC(=O)C1=C(C)N=c2s/c(=C/c3cc(Br)c(Br)o3)c(=O)n2[C@H]1c1ccc(N(C)C)cc1. The minimum atomic E-state index is -0.645. The molecule has 0 aliphatic carbocycles. The summed E-state index contributed by atoms with van der Waals surface area (Å²) in [5.41, 5.74) is 2.45. The molecular formula is C23H21Br2N3O4S. The van der Waals surface area contributed by atoms with E-state index < -0.39 is 12.0 Å². The molecule has 172 valence electrons. The van der Waals surface area contributed by atoms with Gasteiger partial charge in [0.2, 0.25) is 0 Å². The molecule has 0 saturated carbocycles. The van der Waals surface area contributed by atoms with E-state index in [2.05, 4.69) is 36.9 Å². The summed E-state index contributed by atoms with van der Waals surface area (Å²) in [6, 6.07) is 8.90. The van der Waals surface area contributed by atoms with Crippen molar-refractivity contribution in [3.63, 3.8) is 0 Å². The number of hydrogen-bond donors (Lipinski definition) is 0. The molecule has 0 fully saturated rings. The lowest BCUT2D eigenvalue weighted by atomic mass is 9.95. The second-order valence-electron chi connectivity index (χ2n) is 7.56. The number of aromatic nitrogens is 1. The largest absolute Gasteiger partial charge is 0.463 e. The topological polar surface area (TPSA) is 77.0 Å². The van der Waals surface area contributed by atoms with Gasteiger partial charge in [0.15, 0.2) is 9.47 Å². The van der Waals surface area contributed by atoms with Crippen LogP contribution in [-0.2, 0) is 9.53 Å². The number of esters is 1. The van der Waals surface area contributed by atoms with Gasteiger partial charge < -0.3 is 14.1 Å². The van der Waals surface area contributed by atoms with Crippen LogP contribution >= 0.6 is 43.2 Å². The molecule has 0 amide bonds. The molecule has 7 nitrogen and oxygen atoms in total. The van der Waals surface area contributed by atoms with Crippen LogP contribution in [0.1, 0.15) is 31.2 Å². The van der Waals surface area contributed by atoms with Crippen molar-refractivity contribution in [2.24, 2.45) is 4.99 Å². The van der Waals surface area contributed by atoms with E-state index in [1.54, 1.807) is 30.6 Å². The molecule has 0 unspecified atom stereocenters. The van der Waals surface area contributed by atoms with Crippen LogP contribution in [0.15, 0.2) is 64.9 Å². The van der Waals surface area contributed by atoms with Gasteiger partial charge in [-0.15, -0.1) is 0 Å². The molecule has 1 atom stereocenters. The molecule has 0 radical (unpaired) electrons. The Bertz CT molecular complexity index is 1410. The van der Waals surface area contributed by atoms with Crippen molar-refractivity contribution in [2.75, 3.05) is 25.6 Å². The molecule has 1 aliphatic rings. The molecule has 3 heterocycles. The highest BCUT2D eigenvalue weighted by atomic mass is 79.9. The molecular weight excluding hydrogens is 574 g/mol. The molecule has 0 saturated heterocycles. The maximum Gasteiger partial charge on any atom is 0.338 e. The van der Waals surface area contributed by atoms with Crippen LogP contribution in [0, 0.1) is 0 Å². The van der Waals surface area contributed by atoms with Crippen molar-refractivity contribution >= 4 is 60.9 Å². The molecule has 10 heteroatoms. The summed E-state index contributed by atoms with van der Waals surface area (Å²) in [4.78, 5) is 33.6. The van der Waals surface area contributed by atoms with E-state index in [0.717, 1.165) is 15.7 Å². The number of allylic oxidation sites excluding steroid dienone is 1. The molecule has 2 aromatic heterocycles. The number of carbonyl (C=O) groups is 1. The summed E-state index contributed by atoms with van der Waals surface area (Å²) in [5, 5.41) is 0. The zero-order valence-electron chi connectivity index (χ0n) is 18.4. The van der Waals surface area contributed by atoms with Crippen LogP contribution in [0.5, 0.6) is 0 Å². The Morgan fingerprint density at radius 1 is 1.30 bits per heavy atom. The highest BCUT2D eigenvalue weighted by molar-refractivity contribution is 9.13. The summed E-state index contributed by atoms with van der Waals surface area (Å²) >= 11 is 7.95. The van der Waals surface area contributed by atoms with Gasteiger partial charge in [-0.1, -0.05) is 23.5 Å². The third-order valence-electron chi connectivity index (χ3n) is 5.18. The van der Waals surface area contributed by atoms with Crippen LogP contribution in [-0.4, -0.2) is 31.2 Å². The fourth-order valence-corrected chi connectivity index (χ4v) is 5.26. The van der Waals surface area contributed by atoms with Crippen molar-refractivity contribution in [3.8, 4) is 0 Å². The zero-order valence-corrected chi connectivity index (χ0v) is 22.4. The summed E-state index contributed by atoms with van der Waals surface area (Å²) in [7, 11) is 3.91. The number of rotatable bonds is 5. The maximum absolute atomic E-state index is 13.5. The minimum Gasteiger partial charge on any atom is -0.463 e. The smallest absolute Gasteiger partial charge is 0.338 e. The second kappa shape index (κ2) is 9.44. The van der Waals surface area contributed by atoms with E-state index in [0.29, 0.717) is 31.0 Å². The number of furan rings is 1. The average molecular weight is 595 g/mol. The first-order chi connectivity index (χ1) is 15.7. The van der Waals surface area contributed by atoms with Crippen molar-refractivity contribution in [1.82, 2.24) is 4.57 Å². The van der Waals surface area contributed by atoms with E-state index >= 15 is 0 Å². The zero-order chi connectivity index (χ0) is 23.9. The molecule has 0 bridgehead atoms. The van der Waals surface area contributed by atoms with Crippen LogP contribution in [0.3, 0.4) is 0 Å². The lowest BCUT2D eigenvalue weighted by molar-refractivity contribution is -0.139. The third-order valence-corrected chi connectivity index (χ3v) is 7.87. The summed E-state index contributed by atoms with van der Waals surface area (Å²) in [6.07, 6.45) is 1.68. The lowest BCUT2D eigenvalue weighted by Gasteiger charge is -2.25. The van der Waals surface area contributed by atoms with Crippen LogP contribution in [0.2, 0.25) is 0 Å².